The SMILES string of the molecule is O=C(CSc1nnc(-c2ccco2)o1)NCC1CCCO1. The van der Waals surface area contributed by atoms with Crippen LogP contribution in [0.5, 0.6) is 0 Å². The zero-order valence-electron chi connectivity index (χ0n) is 11.3. The lowest BCUT2D eigenvalue weighted by atomic mass is 10.2. The maximum Gasteiger partial charge on any atom is 0.284 e. The molecule has 1 atom stereocenters. The molecule has 1 N–H and O–H groups in total. The van der Waals surface area contributed by atoms with Gasteiger partial charge in [-0.3, -0.25) is 4.79 Å². The Morgan fingerprint density at radius 2 is 2.43 bits per heavy atom. The summed E-state index contributed by atoms with van der Waals surface area (Å²) < 4.78 is 16.0. The molecule has 1 amide bonds. The molecule has 0 aromatic carbocycles. The molecular formula is C13H15N3O4S. The number of aromatic nitrogens is 2. The molecule has 8 heteroatoms. The highest BCUT2D eigenvalue weighted by Gasteiger charge is 2.17. The number of furan rings is 1. The maximum atomic E-state index is 11.7. The lowest BCUT2D eigenvalue weighted by Crippen LogP contribution is -2.32. The van der Waals surface area contributed by atoms with Gasteiger partial charge < -0.3 is 18.9 Å². The minimum Gasteiger partial charge on any atom is -0.459 e. The molecule has 1 fully saturated rings. The highest BCUT2D eigenvalue weighted by Crippen LogP contribution is 2.23. The zero-order chi connectivity index (χ0) is 14.5. The number of thioether (sulfide) groups is 1. The van der Waals surface area contributed by atoms with Crippen LogP contribution in [0.1, 0.15) is 12.8 Å². The Balaban J connectivity index is 1.43. The monoisotopic (exact) mass is 309 g/mol. The van der Waals surface area contributed by atoms with E-state index in [1.807, 2.05) is 0 Å². The van der Waals surface area contributed by atoms with Crippen LogP contribution in [0.3, 0.4) is 0 Å². The highest BCUT2D eigenvalue weighted by molar-refractivity contribution is 7.99. The van der Waals surface area contributed by atoms with E-state index in [9.17, 15) is 4.79 Å². The molecule has 3 heterocycles. The predicted molar refractivity (Wildman–Crippen MR) is 74.7 cm³/mol. The van der Waals surface area contributed by atoms with Gasteiger partial charge in [0.25, 0.3) is 11.1 Å². The van der Waals surface area contributed by atoms with Crippen LogP contribution in [0, 0.1) is 0 Å². The van der Waals surface area contributed by atoms with Crippen molar-refractivity contribution in [1.29, 1.82) is 0 Å². The van der Waals surface area contributed by atoms with Gasteiger partial charge in [0.2, 0.25) is 5.91 Å². The van der Waals surface area contributed by atoms with Crippen molar-refractivity contribution < 1.29 is 18.4 Å². The Morgan fingerprint density at radius 1 is 1.48 bits per heavy atom. The molecule has 1 aliphatic rings. The third-order valence-electron chi connectivity index (χ3n) is 3.02. The van der Waals surface area contributed by atoms with E-state index in [1.54, 1.807) is 12.1 Å². The topological polar surface area (TPSA) is 90.4 Å². The number of nitrogens with one attached hydrogen (secondary N) is 1. The third kappa shape index (κ3) is 3.85. The first kappa shape index (κ1) is 14.2. The van der Waals surface area contributed by atoms with E-state index in [1.165, 1.54) is 18.0 Å². The first-order valence-electron chi connectivity index (χ1n) is 6.70. The Labute approximate surface area is 125 Å². The van der Waals surface area contributed by atoms with Crippen LogP contribution in [0.25, 0.3) is 11.7 Å². The van der Waals surface area contributed by atoms with Crippen LogP contribution >= 0.6 is 11.8 Å². The van der Waals surface area contributed by atoms with Gasteiger partial charge in [-0.15, -0.1) is 10.2 Å². The quantitative estimate of drug-likeness (QED) is 0.812. The van der Waals surface area contributed by atoms with Crippen molar-refractivity contribution in [3.63, 3.8) is 0 Å². The number of hydrogen-bond acceptors (Lipinski definition) is 7. The third-order valence-corrected chi connectivity index (χ3v) is 3.83. The number of nitrogens with zero attached hydrogens (tertiary/aromatic N) is 2. The van der Waals surface area contributed by atoms with Crippen molar-refractivity contribution in [1.82, 2.24) is 15.5 Å². The molecule has 21 heavy (non-hydrogen) atoms. The van der Waals surface area contributed by atoms with Gasteiger partial charge in [-0.1, -0.05) is 11.8 Å². The molecule has 2 aromatic heterocycles. The van der Waals surface area contributed by atoms with Crippen LogP contribution in [0.2, 0.25) is 0 Å². The average Bonchev–Trinajstić information content (AvgIpc) is 3.24. The lowest BCUT2D eigenvalue weighted by molar-refractivity contribution is -0.119. The fourth-order valence-corrected chi connectivity index (χ4v) is 2.57. The molecule has 1 saturated heterocycles. The second-order valence-electron chi connectivity index (χ2n) is 4.58. The van der Waals surface area contributed by atoms with Crippen molar-refractivity contribution in [2.24, 2.45) is 0 Å². The molecule has 0 bridgehead atoms. The number of carbonyl (C=O) groups is 1. The Morgan fingerprint density at radius 3 is 3.19 bits per heavy atom. The lowest BCUT2D eigenvalue weighted by Gasteiger charge is -2.09. The van der Waals surface area contributed by atoms with Gasteiger partial charge in [-0.2, -0.15) is 0 Å². The molecule has 3 rings (SSSR count). The van der Waals surface area contributed by atoms with Crippen LogP contribution in [0.4, 0.5) is 0 Å². The fourth-order valence-electron chi connectivity index (χ4n) is 1.98. The fraction of sp³-hybridized carbons (Fsp3) is 0.462. The Bertz CT molecular complexity index is 578. The van der Waals surface area contributed by atoms with Crippen LogP contribution < -0.4 is 5.32 Å². The van der Waals surface area contributed by atoms with E-state index < -0.39 is 0 Å². The molecule has 0 spiro atoms. The molecule has 0 aliphatic carbocycles. The number of rotatable bonds is 6. The average molecular weight is 309 g/mol. The van der Waals surface area contributed by atoms with Crippen LogP contribution in [0.15, 0.2) is 32.5 Å². The number of ether oxygens (including phenoxy) is 1. The van der Waals surface area contributed by atoms with Crippen LogP contribution in [-0.2, 0) is 9.53 Å². The van der Waals surface area contributed by atoms with Crippen molar-refractivity contribution >= 4 is 17.7 Å². The molecule has 7 nitrogen and oxygen atoms in total. The molecule has 112 valence electrons. The largest absolute Gasteiger partial charge is 0.459 e. The van der Waals surface area contributed by atoms with Crippen molar-refractivity contribution in [2.75, 3.05) is 18.9 Å². The summed E-state index contributed by atoms with van der Waals surface area (Å²) in [5.74, 6) is 0.972. The van der Waals surface area contributed by atoms with E-state index in [2.05, 4.69) is 15.5 Å². The molecule has 0 saturated carbocycles. The normalized spacial score (nSPS) is 18.0. The summed E-state index contributed by atoms with van der Waals surface area (Å²) in [4.78, 5) is 11.7. The maximum absolute atomic E-state index is 11.7. The summed E-state index contributed by atoms with van der Waals surface area (Å²) >= 11 is 1.19. The van der Waals surface area contributed by atoms with Gasteiger partial charge >= 0.3 is 0 Å². The second kappa shape index (κ2) is 6.77. The summed E-state index contributed by atoms with van der Waals surface area (Å²) in [5, 5.41) is 10.9. The molecular weight excluding hydrogens is 294 g/mol. The van der Waals surface area contributed by atoms with Crippen molar-refractivity contribution in [3.8, 4) is 11.7 Å². The molecule has 1 unspecified atom stereocenters. The molecule has 0 radical (unpaired) electrons. The highest BCUT2D eigenvalue weighted by atomic mass is 32.2. The molecule has 2 aromatic rings. The predicted octanol–water partition coefficient (Wildman–Crippen LogP) is 1.72. The smallest absolute Gasteiger partial charge is 0.284 e. The first-order valence-corrected chi connectivity index (χ1v) is 7.68. The van der Waals surface area contributed by atoms with Crippen molar-refractivity contribution in [3.05, 3.63) is 18.4 Å². The van der Waals surface area contributed by atoms with Gasteiger partial charge in [0.15, 0.2) is 5.76 Å². The van der Waals surface area contributed by atoms with Gasteiger partial charge in [-0.05, 0) is 25.0 Å². The van der Waals surface area contributed by atoms with E-state index in [0.29, 0.717) is 23.4 Å². The minimum absolute atomic E-state index is 0.0757. The summed E-state index contributed by atoms with van der Waals surface area (Å²) in [6, 6.07) is 3.47. The van der Waals surface area contributed by atoms with Gasteiger partial charge in [0, 0.05) is 13.2 Å². The second-order valence-corrected chi connectivity index (χ2v) is 5.50. The van der Waals surface area contributed by atoms with E-state index in [-0.39, 0.29) is 17.8 Å². The number of hydrogen-bond donors (Lipinski definition) is 1. The standard InChI is InChI=1S/C13H15N3O4S/c17-11(14-7-9-3-1-5-18-9)8-21-13-16-15-12(20-13)10-4-2-6-19-10/h2,4,6,9H,1,3,5,7-8H2,(H,14,17). The van der Waals surface area contributed by atoms with E-state index in [0.717, 1.165) is 19.4 Å². The van der Waals surface area contributed by atoms with Gasteiger partial charge in [0.1, 0.15) is 0 Å². The van der Waals surface area contributed by atoms with Crippen LogP contribution in [-0.4, -0.2) is 41.1 Å². The van der Waals surface area contributed by atoms with Gasteiger partial charge in [0.05, 0.1) is 18.1 Å². The zero-order valence-corrected chi connectivity index (χ0v) is 12.1. The summed E-state index contributed by atoms with van der Waals surface area (Å²) in [6.45, 7) is 1.34. The van der Waals surface area contributed by atoms with Gasteiger partial charge in [-0.25, -0.2) is 0 Å². The summed E-state index contributed by atoms with van der Waals surface area (Å²) in [5.41, 5.74) is 0. The minimum atomic E-state index is -0.0757. The Kier molecular flexibility index (Phi) is 4.56. The van der Waals surface area contributed by atoms with Crippen molar-refractivity contribution in [2.45, 2.75) is 24.2 Å². The summed E-state index contributed by atoms with van der Waals surface area (Å²) in [6.07, 6.45) is 3.74. The van der Waals surface area contributed by atoms with E-state index in [4.69, 9.17) is 13.6 Å². The van der Waals surface area contributed by atoms with E-state index >= 15 is 0 Å². The summed E-state index contributed by atoms with van der Waals surface area (Å²) in [7, 11) is 0. The molecule has 1 aliphatic heterocycles. The number of amides is 1. The first-order chi connectivity index (χ1) is 10.3. The Hall–Kier alpha value is -1.80. The number of carbonyl (C=O) groups excluding carboxylic acids is 1.